The van der Waals surface area contributed by atoms with E-state index in [4.69, 9.17) is 16.9 Å². The molecule has 5 N–H and O–H groups in total. The molecular formula is C29H34N4O6. The van der Waals surface area contributed by atoms with Gasteiger partial charge in [-0.1, -0.05) is 50.1 Å². The van der Waals surface area contributed by atoms with Gasteiger partial charge in [-0.15, -0.1) is 6.42 Å². The fourth-order valence-electron chi connectivity index (χ4n) is 4.62. The molecule has 0 spiro atoms. The largest absolute Gasteiger partial charge is 0.413 e. The minimum atomic E-state index is -1.28. The average Bonchev–Trinajstić information content (AvgIpc) is 3.28. The third kappa shape index (κ3) is 7.58. The normalized spacial score (nSPS) is 18.4. The van der Waals surface area contributed by atoms with Gasteiger partial charge in [0, 0.05) is 30.4 Å². The Morgan fingerprint density at radius 2 is 1.77 bits per heavy atom. The summed E-state index contributed by atoms with van der Waals surface area (Å²) in [5, 5.41) is 15.8. The summed E-state index contributed by atoms with van der Waals surface area (Å²) in [5.74, 6) is 1.01. The molecule has 0 aliphatic carbocycles. The summed E-state index contributed by atoms with van der Waals surface area (Å²) in [5.41, 5.74) is 5.80. The van der Waals surface area contributed by atoms with Gasteiger partial charge in [-0.2, -0.15) is 0 Å². The van der Waals surface area contributed by atoms with Crippen LogP contribution >= 0.6 is 0 Å². The highest BCUT2D eigenvalue weighted by Gasteiger charge is 2.46. The van der Waals surface area contributed by atoms with E-state index in [9.17, 15) is 24.3 Å². The zero-order valence-corrected chi connectivity index (χ0v) is 22.2. The highest BCUT2D eigenvalue weighted by molar-refractivity contribution is 5.93. The number of aliphatic hydroxyl groups is 1. The zero-order valence-electron chi connectivity index (χ0n) is 22.2. The maximum absolute atomic E-state index is 13.8. The van der Waals surface area contributed by atoms with Crippen LogP contribution in [0, 0.1) is 17.8 Å². The van der Waals surface area contributed by atoms with Crippen LogP contribution in [0.5, 0.6) is 5.75 Å². The second-order valence-corrected chi connectivity index (χ2v) is 10.3. The SMILES string of the molecule is C#Cc1ccc([C@H](C)NC(=O)[C@@H]2C[C@@H](O)CN2C(=O)[C@@H](NC(=O)Oc2ccccc2)C(C)(C)CC(N)=O)cc1. The number of aliphatic hydroxyl groups excluding tert-OH is 1. The number of rotatable bonds is 9. The monoisotopic (exact) mass is 534 g/mol. The van der Waals surface area contributed by atoms with Gasteiger partial charge in [0.15, 0.2) is 0 Å². The number of carbonyl (C=O) groups is 4. The van der Waals surface area contributed by atoms with E-state index in [0.29, 0.717) is 5.56 Å². The number of terminal acetylenes is 1. The van der Waals surface area contributed by atoms with Gasteiger partial charge in [-0.3, -0.25) is 14.4 Å². The van der Waals surface area contributed by atoms with Crippen molar-refractivity contribution in [1.29, 1.82) is 0 Å². The van der Waals surface area contributed by atoms with Crippen LogP contribution < -0.4 is 21.1 Å². The summed E-state index contributed by atoms with van der Waals surface area (Å²) in [6.07, 6.45) is 3.32. The number of nitrogens with two attached hydrogens (primary N) is 1. The summed E-state index contributed by atoms with van der Waals surface area (Å²) in [4.78, 5) is 52.9. The Bertz CT molecular complexity index is 1240. The van der Waals surface area contributed by atoms with E-state index in [2.05, 4.69) is 16.6 Å². The van der Waals surface area contributed by atoms with Crippen LogP contribution in [0.2, 0.25) is 0 Å². The highest BCUT2D eigenvalue weighted by Crippen LogP contribution is 2.30. The van der Waals surface area contributed by atoms with E-state index < -0.39 is 53.5 Å². The van der Waals surface area contributed by atoms with Crippen molar-refractivity contribution < 1.29 is 29.0 Å². The Morgan fingerprint density at radius 1 is 1.13 bits per heavy atom. The second kappa shape index (κ2) is 12.5. The fourth-order valence-corrected chi connectivity index (χ4v) is 4.62. The van der Waals surface area contributed by atoms with Gasteiger partial charge in [0.25, 0.3) is 0 Å². The standard InChI is InChI=1S/C29H34N4O6/c1-5-19-11-13-20(14-12-19)18(2)31-26(36)23-15-21(34)17-33(23)27(37)25(29(3,4)16-24(30)35)32-28(38)39-22-9-7-6-8-10-22/h1,6-14,18,21,23,25,34H,15-17H2,2-4H3,(H2,30,35)(H,31,36)(H,32,38)/t18-,21+,23-,25+/m0/s1. The summed E-state index contributed by atoms with van der Waals surface area (Å²) in [7, 11) is 0. The van der Waals surface area contributed by atoms with E-state index in [-0.39, 0.29) is 25.1 Å². The van der Waals surface area contributed by atoms with Crippen LogP contribution in [0.15, 0.2) is 54.6 Å². The number of benzene rings is 2. The van der Waals surface area contributed by atoms with Gasteiger partial charge < -0.3 is 31.1 Å². The van der Waals surface area contributed by atoms with Gasteiger partial charge in [-0.05, 0) is 36.8 Å². The Labute approximate surface area is 227 Å². The Hall–Kier alpha value is -4.36. The number of likely N-dealkylation sites (tertiary alicyclic amines) is 1. The van der Waals surface area contributed by atoms with E-state index in [1.165, 1.54) is 4.90 Å². The maximum atomic E-state index is 13.8. The molecule has 0 bridgehead atoms. The molecule has 2 aromatic carbocycles. The summed E-state index contributed by atoms with van der Waals surface area (Å²) in [6.45, 7) is 4.88. The van der Waals surface area contributed by atoms with Crippen LogP contribution in [0.3, 0.4) is 0 Å². The van der Waals surface area contributed by atoms with Crippen LogP contribution in [-0.2, 0) is 14.4 Å². The Kier molecular flexibility index (Phi) is 9.33. The van der Waals surface area contributed by atoms with Crippen molar-refractivity contribution in [2.24, 2.45) is 11.1 Å². The van der Waals surface area contributed by atoms with Gasteiger partial charge in [-0.25, -0.2) is 4.79 Å². The number of nitrogens with one attached hydrogen (secondary N) is 2. The van der Waals surface area contributed by atoms with Crippen molar-refractivity contribution in [3.8, 4) is 18.1 Å². The number of primary amides is 1. The van der Waals surface area contributed by atoms with Crippen molar-refractivity contribution in [3.05, 3.63) is 65.7 Å². The lowest BCUT2D eigenvalue weighted by Gasteiger charge is -2.36. The van der Waals surface area contributed by atoms with E-state index in [1.807, 2.05) is 0 Å². The second-order valence-electron chi connectivity index (χ2n) is 10.3. The number of amides is 4. The number of nitrogens with zero attached hydrogens (tertiary/aromatic N) is 1. The first-order chi connectivity index (χ1) is 18.4. The number of hydrogen-bond acceptors (Lipinski definition) is 6. The number of hydrogen-bond donors (Lipinski definition) is 4. The fraction of sp³-hybridized carbons (Fsp3) is 0.379. The topological polar surface area (TPSA) is 151 Å². The molecule has 10 nitrogen and oxygen atoms in total. The lowest BCUT2D eigenvalue weighted by atomic mass is 9.80. The van der Waals surface area contributed by atoms with Crippen molar-refractivity contribution >= 4 is 23.8 Å². The molecule has 4 amide bonds. The third-order valence-corrected chi connectivity index (χ3v) is 6.68. The van der Waals surface area contributed by atoms with Crippen LogP contribution in [0.4, 0.5) is 4.79 Å². The quantitative estimate of drug-likeness (QED) is 0.361. The zero-order chi connectivity index (χ0) is 28.7. The summed E-state index contributed by atoms with van der Waals surface area (Å²) >= 11 is 0. The number of ether oxygens (including phenoxy) is 1. The molecule has 1 heterocycles. The van der Waals surface area contributed by atoms with Crippen molar-refractivity contribution in [1.82, 2.24) is 15.5 Å². The first-order valence-corrected chi connectivity index (χ1v) is 12.6. The minimum Gasteiger partial charge on any atom is -0.410 e. The van der Waals surface area contributed by atoms with E-state index in [0.717, 1.165) is 5.56 Å². The number of carbonyl (C=O) groups excluding carboxylic acids is 4. The van der Waals surface area contributed by atoms with Gasteiger partial charge in [0.05, 0.1) is 12.1 Å². The lowest BCUT2D eigenvalue weighted by Crippen LogP contribution is -2.59. The first kappa shape index (κ1) is 29.2. The van der Waals surface area contributed by atoms with Crippen LogP contribution in [0.25, 0.3) is 0 Å². The van der Waals surface area contributed by atoms with E-state index in [1.54, 1.807) is 75.4 Å². The van der Waals surface area contributed by atoms with Crippen LogP contribution in [-0.4, -0.2) is 58.6 Å². The van der Waals surface area contributed by atoms with Crippen molar-refractivity contribution in [2.75, 3.05) is 6.54 Å². The Morgan fingerprint density at radius 3 is 2.36 bits per heavy atom. The minimum absolute atomic E-state index is 0.0117. The molecule has 3 rings (SSSR count). The summed E-state index contributed by atoms with van der Waals surface area (Å²) in [6, 6.07) is 12.7. The van der Waals surface area contributed by atoms with E-state index >= 15 is 0 Å². The first-order valence-electron chi connectivity index (χ1n) is 12.6. The van der Waals surface area contributed by atoms with Gasteiger partial charge in [0.2, 0.25) is 17.7 Å². The van der Waals surface area contributed by atoms with Gasteiger partial charge in [0.1, 0.15) is 17.8 Å². The maximum Gasteiger partial charge on any atom is 0.413 e. The van der Waals surface area contributed by atoms with Crippen molar-refractivity contribution in [3.63, 3.8) is 0 Å². The molecule has 1 aliphatic rings. The highest BCUT2D eigenvalue weighted by atomic mass is 16.6. The molecule has 206 valence electrons. The Balaban J connectivity index is 1.81. The molecule has 10 heteroatoms. The average molecular weight is 535 g/mol. The predicted octanol–water partition coefficient (Wildman–Crippen LogP) is 1.87. The molecule has 1 fully saturated rings. The molecular weight excluding hydrogens is 500 g/mol. The smallest absolute Gasteiger partial charge is 0.410 e. The lowest BCUT2D eigenvalue weighted by molar-refractivity contribution is -0.143. The molecule has 39 heavy (non-hydrogen) atoms. The molecule has 1 aliphatic heterocycles. The molecule has 2 aromatic rings. The predicted molar refractivity (Wildman–Crippen MR) is 144 cm³/mol. The van der Waals surface area contributed by atoms with Crippen molar-refractivity contribution in [2.45, 2.75) is 57.8 Å². The van der Waals surface area contributed by atoms with Gasteiger partial charge >= 0.3 is 6.09 Å². The summed E-state index contributed by atoms with van der Waals surface area (Å²) < 4.78 is 5.29. The molecule has 0 radical (unpaired) electrons. The number of para-hydroxylation sites is 1. The molecule has 0 aromatic heterocycles. The molecule has 0 unspecified atom stereocenters. The molecule has 0 saturated carbocycles. The molecule has 4 atom stereocenters. The molecule has 1 saturated heterocycles. The number of β-amino-alcohol motifs (C(OH)–C–C–N with tert-alkyl or cyclic N) is 1. The van der Waals surface area contributed by atoms with Crippen LogP contribution in [0.1, 0.15) is 50.8 Å². The third-order valence-electron chi connectivity index (χ3n) is 6.68.